The fourth-order valence-electron chi connectivity index (χ4n) is 2.76. The van der Waals surface area contributed by atoms with Gasteiger partial charge in [0, 0.05) is 13.0 Å². The second-order valence-corrected chi connectivity index (χ2v) is 4.41. The molecule has 1 aromatic heterocycles. The van der Waals surface area contributed by atoms with Crippen LogP contribution in [0.3, 0.4) is 0 Å². The van der Waals surface area contributed by atoms with Crippen LogP contribution >= 0.6 is 0 Å². The molecular weight excluding hydrogens is 190 g/mol. The Kier molecular flexibility index (Phi) is 2.04. The summed E-state index contributed by atoms with van der Waals surface area (Å²) in [6.45, 7) is 0.897. The highest BCUT2D eigenvalue weighted by atomic mass is 16.3. The van der Waals surface area contributed by atoms with Gasteiger partial charge in [-0.1, -0.05) is 0 Å². The molecule has 0 N–H and O–H groups in total. The molecule has 3 rings (SSSR count). The fourth-order valence-corrected chi connectivity index (χ4v) is 2.76. The standard InChI is InChI=1S/C12H15NO2/c14-11-5-1-4-10-12-9(6-8-15-12)3-2-7-13(10)11/h6,8,10H,1-5,7H2. The van der Waals surface area contributed by atoms with E-state index < -0.39 is 0 Å². The van der Waals surface area contributed by atoms with Gasteiger partial charge in [0.15, 0.2) is 0 Å². The van der Waals surface area contributed by atoms with Crippen molar-refractivity contribution in [2.45, 2.75) is 38.1 Å². The molecule has 2 aliphatic heterocycles. The zero-order valence-electron chi connectivity index (χ0n) is 8.74. The van der Waals surface area contributed by atoms with Crippen molar-refractivity contribution in [1.82, 2.24) is 4.90 Å². The number of hydrogen-bond acceptors (Lipinski definition) is 2. The number of piperidine rings is 1. The number of nitrogens with zero attached hydrogens (tertiary/aromatic N) is 1. The van der Waals surface area contributed by atoms with Crippen LogP contribution in [-0.4, -0.2) is 17.4 Å². The number of carbonyl (C=O) groups excluding carboxylic acids is 1. The van der Waals surface area contributed by atoms with E-state index in [2.05, 4.69) is 6.07 Å². The van der Waals surface area contributed by atoms with Crippen LogP contribution in [0.5, 0.6) is 0 Å². The number of fused-ring (bicyclic) bond motifs is 3. The summed E-state index contributed by atoms with van der Waals surface area (Å²) in [6.07, 6.45) is 6.65. The third-order valence-electron chi connectivity index (χ3n) is 3.49. The van der Waals surface area contributed by atoms with Gasteiger partial charge in [0.05, 0.1) is 12.3 Å². The van der Waals surface area contributed by atoms with Gasteiger partial charge in [-0.3, -0.25) is 4.79 Å². The number of carbonyl (C=O) groups is 1. The highest BCUT2D eigenvalue weighted by Crippen LogP contribution is 2.36. The van der Waals surface area contributed by atoms with E-state index >= 15 is 0 Å². The molecule has 15 heavy (non-hydrogen) atoms. The summed E-state index contributed by atoms with van der Waals surface area (Å²) in [4.78, 5) is 13.8. The number of amides is 1. The fraction of sp³-hybridized carbons (Fsp3) is 0.583. The lowest BCUT2D eigenvalue weighted by Gasteiger charge is -2.33. The zero-order chi connectivity index (χ0) is 10.3. The Labute approximate surface area is 89.1 Å². The summed E-state index contributed by atoms with van der Waals surface area (Å²) in [5, 5.41) is 0. The van der Waals surface area contributed by atoms with Crippen molar-refractivity contribution < 1.29 is 9.21 Å². The molecule has 1 atom stereocenters. The largest absolute Gasteiger partial charge is 0.467 e. The molecule has 1 fully saturated rings. The van der Waals surface area contributed by atoms with Crippen LogP contribution in [-0.2, 0) is 11.2 Å². The highest BCUT2D eigenvalue weighted by molar-refractivity contribution is 5.77. The Morgan fingerprint density at radius 3 is 3.20 bits per heavy atom. The van der Waals surface area contributed by atoms with E-state index in [0.717, 1.165) is 38.0 Å². The first-order valence-electron chi connectivity index (χ1n) is 5.72. The molecule has 0 saturated carbocycles. The van der Waals surface area contributed by atoms with E-state index in [1.165, 1.54) is 5.56 Å². The SMILES string of the molecule is O=C1CCCC2c3occc3CCCN12. The Morgan fingerprint density at radius 2 is 2.27 bits per heavy atom. The van der Waals surface area contributed by atoms with Crippen molar-refractivity contribution in [3.8, 4) is 0 Å². The summed E-state index contributed by atoms with van der Waals surface area (Å²) in [5.74, 6) is 1.34. The van der Waals surface area contributed by atoms with Crippen molar-refractivity contribution in [2.75, 3.05) is 6.54 Å². The summed E-state index contributed by atoms with van der Waals surface area (Å²) < 4.78 is 5.56. The molecular formula is C12H15NO2. The average molecular weight is 205 g/mol. The molecule has 0 radical (unpaired) electrons. The molecule has 3 nitrogen and oxygen atoms in total. The van der Waals surface area contributed by atoms with Gasteiger partial charge in [0.1, 0.15) is 5.76 Å². The van der Waals surface area contributed by atoms with Crippen LogP contribution in [0.4, 0.5) is 0 Å². The quantitative estimate of drug-likeness (QED) is 0.651. The van der Waals surface area contributed by atoms with Gasteiger partial charge < -0.3 is 9.32 Å². The summed E-state index contributed by atoms with van der Waals surface area (Å²) >= 11 is 0. The monoisotopic (exact) mass is 205 g/mol. The van der Waals surface area contributed by atoms with Gasteiger partial charge in [-0.05, 0) is 37.3 Å². The van der Waals surface area contributed by atoms with Crippen LogP contribution in [0.2, 0.25) is 0 Å². The van der Waals surface area contributed by atoms with E-state index in [4.69, 9.17) is 4.42 Å². The Bertz CT molecular complexity index is 383. The van der Waals surface area contributed by atoms with Crippen LogP contribution in [0.25, 0.3) is 0 Å². The van der Waals surface area contributed by atoms with E-state index in [1.807, 2.05) is 4.90 Å². The molecule has 0 bridgehead atoms. The molecule has 2 aliphatic rings. The van der Waals surface area contributed by atoms with Crippen LogP contribution in [0.1, 0.15) is 43.0 Å². The molecule has 0 aliphatic carbocycles. The van der Waals surface area contributed by atoms with Crippen molar-refractivity contribution >= 4 is 5.91 Å². The number of rotatable bonds is 0. The molecule has 1 saturated heterocycles. The van der Waals surface area contributed by atoms with Crippen molar-refractivity contribution in [2.24, 2.45) is 0 Å². The Balaban J connectivity index is 2.00. The summed E-state index contributed by atoms with van der Waals surface area (Å²) in [7, 11) is 0. The number of hydrogen-bond donors (Lipinski definition) is 0. The van der Waals surface area contributed by atoms with Gasteiger partial charge >= 0.3 is 0 Å². The van der Waals surface area contributed by atoms with Crippen molar-refractivity contribution in [3.63, 3.8) is 0 Å². The minimum atomic E-state index is 0.221. The maximum Gasteiger partial charge on any atom is 0.223 e. The highest BCUT2D eigenvalue weighted by Gasteiger charge is 2.33. The first kappa shape index (κ1) is 9.01. The minimum Gasteiger partial charge on any atom is -0.467 e. The molecule has 0 aromatic carbocycles. The third-order valence-corrected chi connectivity index (χ3v) is 3.49. The van der Waals surface area contributed by atoms with E-state index in [-0.39, 0.29) is 6.04 Å². The maximum absolute atomic E-state index is 11.8. The molecule has 80 valence electrons. The lowest BCUT2D eigenvalue weighted by Crippen LogP contribution is -2.37. The van der Waals surface area contributed by atoms with E-state index in [9.17, 15) is 4.79 Å². The van der Waals surface area contributed by atoms with E-state index in [1.54, 1.807) is 6.26 Å². The normalized spacial score (nSPS) is 25.7. The second kappa shape index (κ2) is 3.40. The van der Waals surface area contributed by atoms with Crippen molar-refractivity contribution in [3.05, 3.63) is 23.7 Å². The van der Waals surface area contributed by atoms with Gasteiger partial charge in [0.25, 0.3) is 0 Å². The minimum absolute atomic E-state index is 0.221. The third kappa shape index (κ3) is 1.37. The topological polar surface area (TPSA) is 33.5 Å². The van der Waals surface area contributed by atoms with Crippen molar-refractivity contribution in [1.29, 1.82) is 0 Å². The van der Waals surface area contributed by atoms with Gasteiger partial charge in [0.2, 0.25) is 5.91 Å². The Morgan fingerprint density at radius 1 is 1.33 bits per heavy atom. The molecule has 1 amide bonds. The van der Waals surface area contributed by atoms with Gasteiger partial charge in [-0.15, -0.1) is 0 Å². The molecule has 1 aromatic rings. The zero-order valence-corrected chi connectivity index (χ0v) is 8.74. The first-order chi connectivity index (χ1) is 7.36. The van der Waals surface area contributed by atoms with Crippen LogP contribution < -0.4 is 0 Å². The first-order valence-corrected chi connectivity index (χ1v) is 5.72. The summed E-state index contributed by atoms with van der Waals surface area (Å²) in [6, 6.07) is 2.27. The van der Waals surface area contributed by atoms with Crippen LogP contribution in [0.15, 0.2) is 16.7 Å². The smallest absolute Gasteiger partial charge is 0.223 e. The second-order valence-electron chi connectivity index (χ2n) is 4.41. The molecule has 1 unspecified atom stereocenters. The van der Waals surface area contributed by atoms with Gasteiger partial charge in [-0.2, -0.15) is 0 Å². The number of aryl methyl sites for hydroxylation is 1. The predicted octanol–water partition coefficient (Wildman–Crippen LogP) is 2.28. The molecule has 0 spiro atoms. The summed E-state index contributed by atoms with van der Waals surface area (Å²) in [5.41, 5.74) is 1.30. The average Bonchev–Trinajstić information content (AvgIpc) is 2.62. The Hall–Kier alpha value is -1.25. The van der Waals surface area contributed by atoms with E-state index in [0.29, 0.717) is 12.3 Å². The predicted molar refractivity (Wildman–Crippen MR) is 55.3 cm³/mol. The molecule has 3 heteroatoms. The van der Waals surface area contributed by atoms with Crippen LogP contribution in [0, 0.1) is 0 Å². The van der Waals surface area contributed by atoms with Gasteiger partial charge in [-0.25, -0.2) is 0 Å². The lowest BCUT2D eigenvalue weighted by molar-refractivity contribution is -0.137. The maximum atomic E-state index is 11.8. The number of furan rings is 1. The lowest BCUT2D eigenvalue weighted by atomic mass is 9.98. The molecule has 3 heterocycles.